The van der Waals surface area contributed by atoms with E-state index in [-0.39, 0.29) is 0 Å². The first-order valence-corrected chi connectivity index (χ1v) is 2.70. The van der Waals surface area contributed by atoms with Gasteiger partial charge >= 0.3 is 0 Å². The van der Waals surface area contributed by atoms with Crippen molar-refractivity contribution in [1.82, 2.24) is 5.09 Å². The zero-order valence-electron chi connectivity index (χ0n) is 2.73. The number of hydrazone groups is 1. The molecule has 2 radical (unpaired) electrons. The van der Waals surface area contributed by atoms with E-state index in [2.05, 4.69) is 10.2 Å². The van der Waals surface area contributed by atoms with Gasteiger partial charge in [0.1, 0.15) is 0 Å². The highest BCUT2D eigenvalue weighted by Gasteiger charge is 1.87. The molecule has 0 unspecified atom stereocenters. The van der Waals surface area contributed by atoms with Gasteiger partial charge in [-0.15, -0.1) is 0 Å². The Labute approximate surface area is 33.2 Å². The fourth-order valence-electron chi connectivity index (χ4n) is 0.228. The fraction of sp³-hybridized carbons (Fsp3) is 0.500. The molecule has 3 heteroatoms. The van der Waals surface area contributed by atoms with Gasteiger partial charge in [0, 0.05) is 6.21 Å². The Morgan fingerprint density at radius 2 is 3.00 bits per heavy atom. The summed E-state index contributed by atoms with van der Waals surface area (Å²) in [5.41, 5.74) is 0. The van der Waals surface area contributed by atoms with Crippen LogP contribution in [0.1, 0.15) is 0 Å². The summed E-state index contributed by atoms with van der Waals surface area (Å²) in [6, 6.07) is 1.12. The molecule has 0 saturated carbocycles. The summed E-state index contributed by atoms with van der Waals surface area (Å²) in [6.45, 7) is 0. The second-order valence-electron chi connectivity index (χ2n) is 0.804. The molecule has 0 aromatic carbocycles. The summed E-state index contributed by atoms with van der Waals surface area (Å²) in [5, 5.41) is 6.54. The Hall–Kier alpha value is -0.313. The topological polar surface area (TPSA) is 24.4 Å². The molecule has 2 nitrogen and oxygen atoms in total. The zero-order chi connectivity index (χ0) is 3.54. The van der Waals surface area contributed by atoms with Crippen molar-refractivity contribution in [3.8, 4) is 0 Å². The van der Waals surface area contributed by atoms with Gasteiger partial charge in [-0.05, 0) is 6.04 Å². The van der Waals surface area contributed by atoms with Crippen molar-refractivity contribution >= 4 is 15.9 Å². The Morgan fingerprint density at radius 1 is 2.00 bits per heavy atom. The minimum absolute atomic E-state index is 0.836. The summed E-state index contributed by atoms with van der Waals surface area (Å²) in [4.78, 5) is 0. The quantitative estimate of drug-likeness (QED) is 0.397. The maximum Gasteiger partial charge on any atom is 0.207 e. The molecule has 0 aromatic rings. The highest BCUT2D eigenvalue weighted by Crippen LogP contribution is 1.74. The first-order valence-electron chi connectivity index (χ1n) is 1.49. The third kappa shape index (κ3) is 0.478. The molecule has 0 amide bonds. The van der Waals surface area contributed by atoms with Crippen molar-refractivity contribution < 1.29 is 0 Å². The molecule has 26 valence electrons. The average molecular weight is 84.2 g/mol. The molecule has 1 heterocycles. The van der Waals surface area contributed by atoms with Crippen LogP contribution in [0.25, 0.3) is 0 Å². The van der Waals surface area contributed by atoms with Crippen LogP contribution in [0.15, 0.2) is 5.10 Å². The van der Waals surface area contributed by atoms with Gasteiger partial charge in [-0.1, -0.05) is 0 Å². The number of nitrogens with one attached hydrogen (secondary N) is 1. The molecular weight excluding hydrogens is 80.1 g/mol. The van der Waals surface area contributed by atoms with E-state index in [1.165, 1.54) is 0 Å². The summed E-state index contributed by atoms with van der Waals surface area (Å²) in [5.74, 6) is 0. The van der Waals surface area contributed by atoms with E-state index < -0.39 is 0 Å². The highest BCUT2D eigenvalue weighted by atomic mass is 28.2. The SMILES string of the molecule is C1=NN[Si]C1. The minimum atomic E-state index is 0.836. The number of nitrogens with zero attached hydrogens (tertiary/aromatic N) is 1. The van der Waals surface area contributed by atoms with Crippen LogP contribution in [-0.4, -0.2) is 15.9 Å². The predicted octanol–water partition coefficient (Wildman–Crippen LogP) is -0.387. The van der Waals surface area contributed by atoms with Gasteiger partial charge < -0.3 is 5.09 Å². The third-order valence-electron chi connectivity index (χ3n) is 0.428. The first kappa shape index (κ1) is 2.90. The molecule has 0 aliphatic carbocycles. The van der Waals surface area contributed by atoms with Crippen molar-refractivity contribution in [2.75, 3.05) is 0 Å². The lowest BCUT2D eigenvalue weighted by atomic mass is 10.9. The van der Waals surface area contributed by atoms with Crippen LogP contribution < -0.4 is 5.09 Å². The Morgan fingerprint density at radius 3 is 3.20 bits per heavy atom. The largest absolute Gasteiger partial charge is 0.338 e. The monoisotopic (exact) mass is 84.0 g/mol. The lowest BCUT2D eigenvalue weighted by Crippen LogP contribution is -2.01. The summed E-state index contributed by atoms with van der Waals surface area (Å²) in [7, 11) is 0.836. The van der Waals surface area contributed by atoms with Crippen LogP contribution in [0.2, 0.25) is 6.04 Å². The molecule has 1 aliphatic heterocycles. The van der Waals surface area contributed by atoms with Crippen LogP contribution in [0.3, 0.4) is 0 Å². The predicted molar refractivity (Wildman–Crippen MR) is 22.2 cm³/mol. The molecule has 1 N–H and O–H groups in total. The van der Waals surface area contributed by atoms with Gasteiger partial charge in [0.2, 0.25) is 9.68 Å². The normalized spacial score (nSPS) is 19.2. The van der Waals surface area contributed by atoms with Gasteiger partial charge in [-0.2, -0.15) is 0 Å². The lowest BCUT2D eigenvalue weighted by Gasteiger charge is -1.73. The summed E-state index contributed by atoms with van der Waals surface area (Å²) < 4.78 is 0. The smallest absolute Gasteiger partial charge is 0.207 e. The highest BCUT2D eigenvalue weighted by molar-refractivity contribution is 6.38. The van der Waals surface area contributed by atoms with Crippen molar-refractivity contribution in [3.05, 3.63) is 0 Å². The number of hydrogen-bond donors (Lipinski definition) is 1. The van der Waals surface area contributed by atoms with E-state index in [9.17, 15) is 0 Å². The van der Waals surface area contributed by atoms with E-state index >= 15 is 0 Å². The van der Waals surface area contributed by atoms with Crippen LogP contribution in [0, 0.1) is 0 Å². The van der Waals surface area contributed by atoms with E-state index in [1.54, 1.807) is 0 Å². The third-order valence-corrected chi connectivity index (χ3v) is 1.10. The van der Waals surface area contributed by atoms with E-state index in [0.29, 0.717) is 0 Å². The Bertz CT molecular complexity index is 45.6. The van der Waals surface area contributed by atoms with Crippen LogP contribution in [0.4, 0.5) is 0 Å². The molecule has 5 heavy (non-hydrogen) atoms. The standard InChI is InChI=1S/C2H4N2Si/c1-2-5-4-3-1/h1,4H,2H2. The fourth-order valence-corrected chi connectivity index (χ4v) is 0.685. The lowest BCUT2D eigenvalue weighted by molar-refractivity contribution is 1.11. The maximum atomic E-state index is 3.72. The van der Waals surface area contributed by atoms with E-state index in [0.717, 1.165) is 15.7 Å². The second-order valence-corrected chi connectivity index (χ2v) is 1.79. The molecular formula is C2H4N2Si. The number of rotatable bonds is 0. The molecule has 0 aromatic heterocycles. The molecule has 1 rings (SSSR count). The molecule has 0 spiro atoms. The summed E-state index contributed by atoms with van der Waals surface area (Å²) in [6.07, 6.45) is 1.89. The van der Waals surface area contributed by atoms with E-state index in [1.807, 2.05) is 6.21 Å². The van der Waals surface area contributed by atoms with Gasteiger partial charge in [0.15, 0.2) is 0 Å². The Balaban J connectivity index is 2.32. The van der Waals surface area contributed by atoms with Crippen molar-refractivity contribution in [2.24, 2.45) is 5.10 Å². The van der Waals surface area contributed by atoms with Crippen molar-refractivity contribution in [3.63, 3.8) is 0 Å². The molecule has 0 bridgehead atoms. The van der Waals surface area contributed by atoms with Crippen molar-refractivity contribution in [1.29, 1.82) is 0 Å². The molecule has 0 saturated heterocycles. The zero-order valence-corrected chi connectivity index (χ0v) is 3.73. The molecule has 0 fully saturated rings. The van der Waals surface area contributed by atoms with E-state index in [4.69, 9.17) is 0 Å². The van der Waals surface area contributed by atoms with Crippen LogP contribution in [-0.2, 0) is 0 Å². The van der Waals surface area contributed by atoms with Gasteiger partial charge in [-0.25, -0.2) is 5.10 Å². The average Bonchev–Trinajstić information content (AvgIpc) is 1.76. The number of hydrogen-bond acceptors (Lipinski definition) is 2. The van der Waals surface area contributed by atoms with Crippen molar-refractivity contribution in [2.45, 2.75) is 6.04 Å². The van der Waals surface area contributed by atoms with Crippen LogP contribution in [0.5, 0.6) is 0 Å². The van der Waals surface area contributed by atoms with Gasteiger partial charge in [0.25, 0.3) is 0 Å². The second kappa shape index (κ2) is 1.21. The Kier molecular flexibility index (Phi) is 0.703. The van der Waals surface area contributed by atoms with Gasteiger partial charge in [-0.3, -0.25) is 0 Å². The maximum absolute atomic E-state index is 3.72. The molecule has 0 atom stereocenters. The molecule has 1 aliphatic rings. The summed E-state index contributed by atoms with van der Waals surface area (Å²) >= 11 is 0. The van der Waals surface area contributed by atoms with Gasteiger partial charge in [0.05, 0.1) is 0 Å². The first-order chi connectivity index (χ1) is 2.50. The van der Waals surface area contributed by atoms with Crippen LogP contribution >= 0.6 is 0 Å². The minimum Gasteiger partial charge on any atom is -0.338 e.